The van der Waals surface area contributed by atoms with E-state index in [0.29, 0.717) is 0 Å². The minimum Gasteiger partial charge on any atom is -0.313 e. The summed E-state index contributed by atoms with van der Waals surface area (Å²) in [5, 5.41) is 4.64. The van der Waals surface area contributed by atoms with E-state index >= 15 is 0 Å². The zero-order valence-electron chi connectivity index (χ0n) is 10.1. The van der Waals surface area contributed by atoms with Crippen molar-refractivity contribution >= 4 is 23.5 Å². The molecule has 0 bridgehead atoms. The van der Waals surface area contributed by atoms with E-state index in [0.717, 1.165) is 11.3 Å². The lowest BCUT2D eigenvalue weighted by molar-refractivity contribution is 0.520. The highest BCUT2D eigenvalue weighted by atomic mass is 32.2. The Morgan fingerprint density at radius 1 is 1.27 bits per heavy atom. The molecule has 15 heavy (non-hydrogen) atoms. The summed E-state index contributed by atoms with van der Waals surface area (Å²) >= 11 is 4.11. The molecule has 1 fully saturated rings. The zero-order valence-corrected chi connectivity index (χ0v) is 11.8. The van der Waals surface area contributed by atoms with Gasteiger partial charge < -0.3 is 5.32 Å². The Hall–Kier alpha value is 0.660. The van der Waals surface area contributed by atoms with Gasteiger partial charge in [0.2, 0.25) is 0 Å². The Morgan fingerprint density at radius 3 is 2.87 bits per heavy atom. The summed E-state index contributed by atoms with van der Waals surface area (Å²) in [6.45, 7) is 3.50. The van der Waals surface area contributed by atoms with Crippen LogP contribution in [-0.4, -0.2) is 35.6 Å². The van der Waals surface area contributed by atoms with E-state index in [1.54, 1.807) is 0 Å². The van der Waals surface area contributed by atoms with Gasteiger partial charge in [0.1, 0.15) is 0 Å². The number of thioether (sulfide) groups is 2. The smallest absolute Gasteiger partial charge is 0.0201 e. The van der Waals surface area contributed by atoms with Crippen molar-refractivity contribution in [3.8, 4) is 0 Å². The Balaban J connectivity index is 2.03. The van der Waals surface area contributed by atoms with Crippen molar-refractivity contribution < 1.29 is 0 Å². The molecule has 0 aromatic heterocycles. The standard InChI is InChI=1S/C12H25NS2/c1-3-15-12-8-6-7-11(12)13-9-4-5-10-14-2/h11-13H,3-10H2,1-2H3. The Bertz CT molecular complexity index is 153. The normalized spacial score (nSPS) is 26.0. The highest BCUT2D eigenvalue weighted by Gasteiger charge is 2.25. The largest absolute Gasteiger partial charge is 0.313 e. The second-order valence-electron chi connectivity index (χ2n) is 4.19. The van der Waals surface area contributed by atoms with Gasteiger partial charge in [-0.2, -0.15) is 23.5 Å². The number of rotatable bonds is 8. The molecule has 0 aromatic carbocycles. The molecule has 1 aliphatic rings. The van der Waals surface area contributed by atoms with E-state index in [9.17, 15) is 0 Å². The molecule has 0 spiro atoms. The summed E-state index contributed by atoms with van der Waals surface area (Å²) in [7, 11) is 0. The molecular weight excluding hydrogens is 222 g/mol. The lowest BCUT2D eigenvalue weighted by atomic mass is 10.2. The molecule has 1 rings (SSSR count). The summed E-state index contributed by atoms with van der Waals surface area (Å²) in [6.07, 6.45) is 9.17. The first kappa shape index (κ1) is 13.7. The first-order valence-electron chi connectivity index (χ1n) is 6.22. The fourth-order valence-corrected chi connectivity index (χ4v) is 3.95. The Labute approximate surface area is 104 Å². The minimum atomic E-state index is 0.809. The minimum absolute atomic E-state index is 0.809. The van der Waals surface area contributed by atoms with Crippen LogP contribution in [0.3, 0.4) is 0 Å². The van der Waals surface area contributed by atoms with Crippen LogP contribution in [0.5, 0.6) is 0 Å². The van der Waals surface area contributed by atoms with Gasteiger partial charge >= 0.3 is 0 Å². The summed E-state index contributed by atoms with van der Waals surface area (Å²) in [5.74, 6) is 2.59. The van der Waals surface area contributed by atoms with Gasteiger partial charge in [0.25, 0.3) is 0 Å². The number of nitrogens with one attached hydrogen (secondary N) is 1. The van der Waals surface area contributed by atoms with Crippen molar-refractivity contribution in [1.29, 1.82) is 0 Å². The van der Waals surface area contributed by atoms with Gasteiger partial charge in [-0.05, 0) is 50.0 Å². The molecule has 0 amide bonds. The van der Waals surface area contributed by atoms with Gasteiger partial charge in [-0.1, -0.05) is 13.3 Å². The molecule has 0 aliphatic heterocycles. The van der Waals surface area contributed by atoms with Gasteiger partial charge in [-0.25, -0.2) is 0 Å². The summed E-state index contributed by atoms with van der Waals surface area (Å²) in [5.41, 5.74) is 0. The highest BCUT2D eigenvalue weighted by Crippen LogP contribution is 2.29. The van der Waals surface area contributed by atoms with Crippen LogP contribution in [-0.2, 0) is 0 Å². The van der Waals surface area contributed by atoms with Crippen LogP contribution >= 0.6 is 23.5 Å². The first-order chi connectivity index (χ1) is 7.38. The van der Waals surface area contributed by atoms with Crippen molar-refractivity contribution in [3.63, 3.8) is 0 Å². The number of hydrogen-bond acceptors (Lipinski definition) is 3. The summed E-state index contributed by atoms with van der Waals surface area (Å²) < 4.78 is 0. The molecule has 2 unspecified atom stereocenters. The second kappa shape index (κ2) is 8.77. The molecule has 0 saturated heterocycles. The maximum absolute atomic E-state index is 3.75. The Kier molecular flexibility index (Phi) is 8.02. The fourth-order valence-electron chi connectivity index (χ4n) is 2.23. The second-order valence-corrected chi connectivity index (χ2v) is 6.69. The topological polar surface area (TPSA) is 12.0 Å². The molecule has 1 saturated carbocycles. The van der Waals surface area contributed by atoms with Gasteiger partial charge in [0.15, 0.2) is 0 Å². The van der Waals surface area contributed by atoms with Crippen LogP contribution < -0.4 is 5.32 Å². The van der Waals surface area contributed by atoms with Crippen molar-refractivity contribution in [2.45, 2.75) is 50.3 Å². The zero-order chi connectivity index (χ0) is 10.9. The van der Waals surface area contributed by atoms with Crippen LogP contribution in [0.25, 0.3) is 0 Å². The molecule has 1 N–H and O–H groups in total. The molecule has 2 atom stereocenters. The number of unbranched alkanes of at least 4 members (excludes halogenated alkanes) is 1. The molecule has 0 aromatic rings. The van der Waals surface area contributed by atoms with E-state index in [1.165, 1.54) is 50.2 Å². The van der Waals surface area contributed by atoms with E-state index in [-0.39, 0.29) is 0 Å². The lowest BCUT2D eigenvalue weighted by Gasteiger charge is -2.20. The van der Waals surface area contributed by atoms with Crippen LogP contribution in [0.15, 0.2) is 0 Å². The van der Waals surface area contributed by atoms with Crippen molar-refractivity contribution in [2.24, 2.45) is 0 Å². The fraction of sp³-hybridized carbons (Fsp3) is 1.00. The highest BCUT2D eigenvalue weighted by molar-refractivity contribution is 7.99. The maximum Gasteiger partial charge on any atom is 0.0201 e. The van der Waals surface area contributed by atoms with Crippen molar-refractivity contribution in [1.82, 2.24) is 5.32 Å². The van der Waals surface area contributed by atoms with Crippen LogP contribution in [0.4, 0.5) is 0 Å². The van der Waals surface area contributed by atoms with E-state index in [2.05, 4.69) is 30.3 Å². The van der Waals surface area contributed by atoms with Crippen molar-refractivity contribution in [3.05, 3.63) is 0 Å². The Morgan fingerprint density at radius 2 is 2.13 bits per heavy atom. The lowest BCUT2D eigenvalue weighted by Crippen LogP contribution is -2.34. The van der Waals surface area contributed by atoms with Crippen LogP contribution in [0.2, 0.25) is 0 Å². The monoisotopic (exact) mass is 247 g/mol. The molecule has 1 aliphatic carbocycles. The molecule has 0 heterocycles. The molecular formula is C12H25NS2. The van der Waals surface area contributed by atoms with E-state index in [1.807, 2.05) is 11.8 Å². The van der Waals surface area contributed by atoms with Gasteiger partial charge in [-0.15, -0.1) is 0 Å². The SMILES string of the molecule is CCSC1CCCC1NCCCCSC. The van der Waals surface area contributed by atoms with Gasteiger partial charge in [0, 0.05) is 11.3 Å². The molecule has 0 radical (unpaired) electrons. The van der Waals surface area contributed by atoms with Crippen LogP contribution in [0, 0.1) is 0 Å². The third kappa shape index (κ3) is 5.50. The van der Waals surface area contributed by atoms with E-state index < -0.39 is 0 Å². The molecule has 1 nitrogen and oxygen atoms in total. The number of hydrogen-bond donors (Lipinski definition) is 1. The average molecular weight is 247 g/mol. The van der Waals surface area contributed by atoms with Crippen molar-refractivity contribution in [2.75, 3.05) is 24.3 Å². The predicted octanol–water partition coefficient (Wildman–Crippen LogP) is 3.39. The summed E-state index contributed by atoms with van der Waals surface area (Å²) in [6, 6.07) is 0.809. The average Bonchev–Trinajstić information content (AvgIpc) is 2.66. The van der Waals surface area contributed by atoms with Crippen LogP contribution in [0.1, 0.15) is 39.0 Å². The van der Waals surface area contributed by atoms with Gasteiger partial charge in [-0.3, -0.25) is 0 Å². The molecule has 90 valence electrons. The van der Waals surface area contributed by atoms with Gasteiger partial charge in [0.05, 0.1) is 0 Å². The predicted molar refractivity (Wildman–Crippen MR) is 75.2 cm³/mol. The van der Waals surface area contributed by atoms with E-state index in [4.69, 9.17) is 0 Å². The maximum atomic E-state index is 3.75. The quantitative estimate of drug-likeness (QED) is 0.660. The third-order valence-corrected chi connectivity index (χ3v) is 5.04. The summed E-state index contributed by atoms with van der Waals surface area (Å²) in [4.78, 5) is 0. The molecule has 3 heteroatoms. The third-order valence-electron chi connectivity index (χ3n) is 3.02. The first-order valence-corrected chi connectivity index (χ1v) is 8.66.